The SMILES string of the molecule is Oc1cc(N=Cc2ccccc2)ccc1-c1nc2ccccc2o1. The van der Waals surface area contributed by atoms with Crippen LogP contribution in [0.15, 0.2) is 82.2 Å². The minimum Gasteiger partial charge on any atom is -0.507 e. The number of hydrogen-bond donors (Lipinski definition) is 1. The monoisotopic (exact) mass is 314 g/mol. The zero-order chi connectivity index (χ0) is 16.4. The van der Waals surface area contributed by atoms with E-state index in [1.54, 1.807) is 18.3 Å². The zero-order valence-electron chi connectivity index (χ0n) is 12.8. The van der Waals surface area contributed by atoms with Gasteiger partial charge in [0.05, 0.1) is 11.3 Å². The Kier molecular flexibility index (Phi) is 3.56. The number of oxazole rings is 1. The Morgan fingerprint density at radius 1 is 0.917 bits per heavy atom. The number of fused-ring (bicyclic) bond motifs is 1. The molecular formula is C20H14N2O2. The van der Waals surface area contributed by atoms with Crippen LogP contribution in [0.5, 0.6) is 5.75 Å². The summed E-state index contributed by atoms with van der Waals surface area (Å²) in [7, 11) is 0. The molecule has 4 nitrogen and oxygen atoms in total. The number of phenolic OH excluding ortho intramolecular Hbond substituents is 1. The molecule has 0 saturated carbocycles. The minimum absolute atomic E-state index is 0.0873. The van der Waals surface area contributed by atoms with Crippen molar-refractivity contribution >= 4 is 23.0 Å². The number of phenols is 1. The normalized spacial score (nSPS) is 11.3. The summed E-state index contributed by atoms with van der Waals surface area (Å²) in [5, 5.41) is 10.3. The van der Waals surface area contributed by atoms with Gasteiger partial charge in [-0.05, 0) is 29.8 Å². The summed E-state index contributed by atoms with van der Waals surface area (Å²) in [6.07, 6.45) is 1.76. The fourth-order valence-electron chi connectivity index (χ4n) is 2.46. The van der Waals surface area contributed by atoms with Crippen LogP contribution in [0.2, 0.25) is 0 Å². The summed E-state index contributed by atoms with van der Waals surface area (Å²) in [4.78, 5) is 8.78. The molecule has 0 unspecified atom stereocenters. The van der Waals surface area contributed by atoms with Gasteiger partial charge in [0, 0.05) is 12.3 Å². The Balaban J connectivity index is 1.65. The molecule has 1 heterocycles. The van der Waals surface area contributed by atoms with E-state index in [0.717, 1.165) is 11.1 Å². The second-order valence-electron chi connectivity index (χ2n) is 5.36. The zero-order valence-corrected chi connectivity index (χ0v) is 12.8. The van der Waals surface area contributed by atoms with Gasteiger partial charge in [-0.25, -0.2) is 4.98 Å². The number of hydrogen-bond acceptors (Lipinski definition) is 4. The van der Waals surface area contributed by atoms with E-state index in [1.807, 2.05) is 60.7 Å². The molecule has 0 aliphatic heterocycles. The van der Waals surface area contributed by atoms with Gasteiger partial charge in [0.2, 0.25) is 5.89 Å². The van der Waals surface area contributed by atoms with E-state index in [9.17, 15) is 5.11 Å². The lowest BCUT2D eigenvalue weighted by molar-refractivity contribution is 0.474. The van der Waals surface area contributed by atoms with Crippen molar-refractivity contribution < 1.29 is 9.52 Å². The van der Waals surface area contributed by atoms with E-state index in [0.29, 0.717) is 22.7 Å². The molecule has 4 heteroatoms. The van der Waals surface area contributed by atoms with Gasteiger partial charge in [-0.15, -0.1) is 0 Å². The van der Waals surface area contributed by atoms with Crippen LogP contribution in [0.4, 0.5) is 5.69 Å². The van der Waals surface area contributed by atoms with Crippen LogP contribution in [0, 0.1) is 0 Å². The molecule has 0 bridgehead atoms. The molecule has 0 radical (unpaired) electrons. The highest BCUT2D eigenvalue weighted by molar-refractivity contribution is 5.83. The maximum Gasteiger partial charge on any atom is 0.231 e. The summed E-state index contributed by atoms with van der Waals surface area (Å²) in [5.41, 5.74) is 3.66. The highest BCUT2D eigenvalue weighted by Gasteiger charge is 2.12. The van der Waals surface area contributed by atoms with E-state index < -0.39 is 0 Å². The molecule has 24 heavy (non-hydrogen) atoms. The molecule has 4 rings (SSSR count). The maximum atomic E-state index is 10.3. The first-order valence-corrected chi connectivity index (χ1v) is 7.58. The third-order valence-corrected chi connectivity index (χ3v) is 3.67. The van der Waals surface area contributed by atoms with Crippen molar-refractivity contribution in [1.29, 1.82) is 0 Å². The van der Waals surface area contributed by atoms with Crippen molar-refractivity contribution in [2.24, 2.45) is 4.99 Å². The first kappa shape index (κ1) is 14.2. The van der Waals surface area contributed by atoms with E-state index >= 15 is 0 Å². The number of aliphatic imine (C=N–C) groups is 1. The fraction of sp³-hybridized carbons (Fsp3) is 0. The summed E-state index contributed by atoms with van der Waals surface area (Å²) in [6.45, 7) is 0. The number of rotatable bonds is 3. The fourth-order valence-corrected chi connectivity index (χ4v) is 2.46. The van der Waals surface area contributed by atoms with Gasteiger partial charge in [0.15, 0.2) is 5.58 Å². The highest BCUT2D eigenvalue weighted by Crippen LogP contribution is 2.33. The summed E-state index contributed by atoms with van der Waals surface area (Å²) < 4.78 is 5.69. The predicted molar refractivity (Wildman–Crippen MR) is 94.8 cm³/mol. The average molecular weight is 314 g/mol. The molecule has 0 aliphatic carbocycles. The van der Waals surface area contributed by atoms with Crippen molar-refractivity contribution in [3.63, 3.8) is 0 Å². The Bertz CT molecular complexity index is 987. The number of aromatic nitrogens is 1. The van der Waals surface area contributed by atoms with Gasteiger partial charge in [-0.1, -0.05) is 42.5 Å². The van der Waals surface area contributed by atoms with Crippen LogP contribution in [0.1, 0.15) is 5.56 Å². The van der Waals surface area contributed by atoms with Crippen LogP contribution in [0.25, 0.3) is 22.6 Å². The van der Waals surface area contributed by atoms with Crippen LogP contribution < -0.4 is 0 Å². The lowest BCUT2D eigenvalue weighted by Crippen LogP contribution is -1.80. The number of nitrogens with zero attached hydrogens (tertiary/aromatic N) is 2. The van der Waals surface area contributed by atoms with Crippen LogP contribution in [0.3, 0.4) is 0 Å². The lowest BCUT2D eigenvalue weighted by Gasteiger charge is -2.01. The molecule has 0 fully saturated rings. The molecule has 0 aliphatic rings. The largest absolute Gasteiger partial charge is 0.507 e. The van der Waals surface area contributed by atoms with Crippen LogP contribution in [-0.2, 0) is 0 Å². The number of benzene rings is 3. The van der Waals surface area contributed by atoms with Crippen molar-refractivity contribution in [3.8, 4) is 17.2 Å². The molecule has 1 N–H and O–H groups in total. The lowest BCUT2D eigenvalue weighted by atomic mass is 10.2. The van der Waals surface area contributed by atoms with Gasteiger partial charge in [0.25, 0.3) is 0 Å². The standard InChI is InChI=1S/C20H14N2O2/c23-18-12-15(21-13-14-6-2-1-3-7-14)10-11-16(18)20-22-17-8-4-5-9-19(17)24-20/h1-13,23H. The molecule has 116 valence electrons. The summed E-state index contributed by atoms with van der Waals surface area (Å²) in [5.74, 6) is 0.483. The summed E-state index contributed by atoms with van der Waals surface area (Å²) in [6, 6.07) is 22.5. The van der Waals surface area contributed by atoms with Gasteiger partial charge < -0.3 is 9.52 Å². The van der Waals surface area contributed by atoms with Crippen LogP contribution in [-0.4, -0.2) is 16.3 Å². The van der Waals surface area contributed by atoms with E-state index in [2.05, 4.69) is 9.98 Å². The van der Waals surface area contributed by atoms with Crippen molar-refractivity contribution in [3.05, 3.63) is 78.4 Å². The minimum atomic E-state index is 0.0873. The second kappa shape index (κ2) is 6.01. The molecular weight excluding hydrogens is 300 g/mol. The molecule has 0 atom stereocenters. The van der Waals surface area contributed by atoms with E-state index in [4.69, 9.17) is 4.42 Å². The number of para-hydroxylation sites is 2. The molecule has 4 aromatic rings. The molecule has 1 aromatic heterocycles. The quantitative estimate of drug-likeness (QED) is 0.544. The van der Waals surface area contributed by atoms with E-state index in [1.165, 1.54) is 0 Å². The Morgan fingerprint density at radius 3 is 2.50 bits per heavy atom. The van der Waals surface area contributed by atoms with Crippen molar-refractivity contribution in [2.45, 2.75) is 0 Å². The maximum absolute atomic E-state index is 10.3. The van der Waals surface area contributed by atoms with Gasteiger partial charge in [0.1, 0.15) is 11.3 Å². The Morgan fingerprint density at radius 2 is 1.71 bits per heavy atom. The first-order valence-electron chi connectivity index (χ1n) is 7.58. The highest BCUT2D eigenvalue weighted by atomic mass is 16.3. The number of aromatic hydroxyl groups is 1. The third-order valence-electron chi connectivity index (χ3n) is 3.67. The molecule has 0 saturated heterocycles. The van der Waals surface area contributed by atoms with Crippen molar-refractivity contribution in [1.82, 2.24) is 4.98 Å². The topological polar surface area (TPSA) is 58.6 Å². The van der Waals surface area contributed by atoms with Crippen molar-refractivity contribution in [2.75, 3.05) is 0 Å². The Hall–Kier alpha value is -3.40. The smallest absolute Gasteiger partial charge is 0.231 e. The molecule has 3 aromatic carbocycles. The third kappa shape index (κ3) is 2.77. The van der Waals surface area contributed by atoms with Crippen LogP contribution >= 0.6 is 0 Å². The van der Waals surface area contributed by atoms with Gasteiger partial charge in [-0.3, -0.25) is 4.99 Å². The Labute approximate surface area is 138 Å². The second-order valence-corrected chi connectivity index (χ2v) is 5.36. The average Bonchev–Trinajstić information content (AvgIpc) is 3.04. The molecule has 0 amide bonds. The van der Waals surface area contributed by atoms with Gasteiger partial charge >= 0.3 is 0 Å². The van der Waals surface area contributed by atoms with Gasteiger partial charge in [-0.2, -0.15) is 0 Å². The predicted octanol–water partition coefficient (Wildman–Crippen LogP) is 4.95. The molecule has 0 spiro atoms. The van der Waals surface area contributed by atoms with E-state index in [-0.39, 0.29) is 5.75 Å². The first-order chi connectivity index (χ1) is 11.8. The summed E-state index contributed by atoms with van der Waals surface area (Å²) >= 11 is 0.